The van der Waals surface area contributed by atoms with Crippen molar-refractivity contribution >= 4 is 10.8 Å². The topological polar surface area (TPSA) is 6.48 Å². The van der Waals surface area contributed by atoms with E-state index in [-0.39, 0.29) is 0 Å². The number of hydrogen-bond donors (Lipinski definition) is 0. The van der Waals surface area contributed by atoms with Crippen LogP contribution in [0.25, 0.3) is 10.8 Å². The van der Waals surface area contributed by atoms with E-state index in [9.17, 15) is 0 Å². The van der Waals surface area contributed by atoms with Crippen LogP contribution in [0.15, 0.2) is 42.5 Å². The van der Waals surface area contributed by atoms with E-state index in [4.69, 9.17) is 0 Å². The smallest absolute Gasteiger partial charge is 0.0237 e. The summed E-state index contributed by atoms with van der Waals surface area (Å²) < 4.78 is 0. The minimum absolute atomic E-state index is 0.806. The van der Waals surface area contributed by atoms with Gasteiger partial charge in [0, 0.05) is 25.7 Å². The molecule has 3 aliphatic rings. The summed E-state index contributed by atoms with van der Waals surface area (Å²) in [5.41, 5.74) is 1.46. The average molecular weight is 266 g/mol. The van der Waals surface area contributed by atoms with E-state index >= 15 is 0 Å². The van der Waals surface area contributed by atoms with Crippen LogP contribution < -0.4 is 0 Å². The molecule has 2 nitrogen and oxygen atoms in total. The second kappa shape index (κ2) is 5.19. The van der Waals surface area contributed by atoms with Gasteiger partial charge in [0.05, 0.1) is 0 Å². The van der Waals surface area contributed by atoms with E-state index in [1.54, 1.807) is 0 Å². The number of nitrogens with zero attached hydrogens (tertiary/aromatic N) is 2. The predicted molar refractivity (Wildman–Crippen MR) is 83.8 cm³/mol. The van der Waals surface area contributed by atoms with Crippen molar-refractivity contribution in [3.63, 3.8) is 0 Å². The van der Waals surface area contributed by atoms with Gasteiger partial charge in [0.15, 0.2) is 0 Å². The van der Waals surface area contributed by atoms with Crippen molar-refractivity contribution in [1.82, 2.24) is 9.80 Å². The predicted octanol–water partition coefficient (Wildman–Crippen LogP) is 3.12. The first-order valence-corrected chi connectivity index (χ1v) is 7.82. The summed E-state index contributed by atoms with van der Waals surface area (Å²) >= 11 is 0. The number of fused-ring (bicyclic) bond motifs is 5. The summed E-state index contributed by atoms with van der Waals surface area (Å²) in [4.78, 5) is 5.33. The maximum absolute atomic E-state index is 2.71. The zero-order valence-corrected chi connectivity index (χ0v) is 12.0. The van der Waals surface area contributed by atoms with Gasteiger partial charge >= 0.3 is 0 Å². The third kappa shape index (κ3) is 2.34. The lowest BCUT2D eigenvalue weighted by Crippen LogP contribution is -2.37. The van der Waals surface area contributed by atoms with Gasteiger partial charge in [-0.1, -0.05) is 36.4 Å². The lowest BCUT2D eigenvalue weighted by molar-refractivity contribution is 0.176. The first-order valence-electron chi connectivity index (χ1n) is 7.82. The van der Waals surface area contributed by atoms with E-state index in [0.29, 0.717) is 0 Å². The molecule has 104 valence electrons. The van der Waals surface area contributed by atoms with Crippen LogP contribution in [0.3, 0.4) is 0 Å². The van der Waals surface area contributed by atoms with Gasteiger partial charge in [-0.05, 0) is 48.3 Å². The second-order valence-electron chi connectivity index (χ2n) is 6.22. The summed E-state index contributed by atoms with van der Waals surface area (Å²) in [6, 6.07) is 16.4. The highest BCUT2D eigenvalue weighted by Gasteiger charge is 2.28. The van der Waals surface area contributed by atoms with Crippen LogP contribution in [0, 0.1) is 0 Å². The number of rotatable bonds is 2. The van der Waals surface area contributed by atoms with Crippen LogP contribution >= 0.6 is 0 Å². The maximum atomic E-state index is 2.71. The molecule has 3 fully saturated rings. The third-order valence-electron chi connectivity index (χ3n) is 4.98. The molecule has 3 saturated heterocycles. The number of piperidine rings is 1. The van der Waals surface area contributed by atoms with Gasteiger partial charge in [0.2, 0.25) is 0 Å². The fourth-order valence-corrected chi connectivity index (χ4v) is 3.74. The molecule has 0 amide bonds. The third-order valence-corrected chi connectivity index (χ3v) is 4.98. The molecule has 2 heteroatoms. The molecule has 0 aliphatic carbocycles. The van der Waals surface area contributed by atoms with Gasteiger partial charge < -0.3 is 4.90 Å². The van der Waals surface area contributed by atoms with E-state index < -0.39 is 0 Å². The largest absolute Gasteiger partial charge is 0.302 e. The standard InChI is InChI=1S/C18H22N2/c1-2-4-17-13-15(5-6-16(17)3-1)14-20-12-11-19-9-7-18(20)8-10-19/h1-6,13,18H,7-12,14H2. The van der Waals surface area contributed by atoms with Crippen LogP contribution in [0.4, 0.5) is 0 Å². The number of benzene rings is 2. The molecule has 2 aromatic rings. The monoisotopic (exact) mass is 266 g/mol. The zero-order chi connectivity index (χ0) is 13.4. The quantitative estimate of drug-likeness (QED) is 0.824. The Labute approximate surface area is 121 Å². The molecule has 2 bridgehead atoms. The van der Waals surface area contributed by atoms with Crippen molar-refractivity contribution < 1.29 is 0 Å². The molecule has 3 heterocycles. The second-order valence-corrected chi connectivity index (χ2v) is 6.22. The first kappa shape index (κ1) is 12.4. The highest BCUT2D eigenvalue weighted by atomic mass is 15.3. The Hall–Kier alpha value is -1.38. The minimum Gasteiger partial charge on any atom is -0.302 e. The minimum atomic E-state index is 0.806. The van der Waals surface area contributed by atoms with Crippen LogP contribution in [-0.2, 0) is 6.54 Å². The molecular weight excluding hydrogens is 244 g/mol. The molecule has 2 aromatic carbocycles. The SMILES string of the molecule is c1ccc2cc(CN3CCN4CCC3CC4)ccc2c1. The Kier molecular flexibility index (Phi) is 3.21. The molecule has 3 aliphatic heterocycles. The van der Waals surface area contributed by atoms with Crippen molar-refractivity contribution in [3.05, 3.63) is 48.0 Å². The highest BCUT2D eigenvalue weighted by molar-refractivity contribution is 5.82. The molecule has 5 rings (SSSR count). The van der Waals surface area contributed by atoms with E-state index in [1.165, 1.54) is 55.4 Å². The molecule has 0 spiro atoms. The summed E-state index contributed by atoms with van der Waals surface area (Å²) in [6.07, 6.45) is 2.71. The Bertz CT molecular complexity index is 599. The van der Waals surface area contributed by atoms with Gasteiger partial charge in [-0.3, -0.25) is 4.90 Å². The van der Waals surface area contributed by atoms with Crippen molar-refractivity contribution in [2.24, 2.45) is 0 Å². The van der Waals surface area contributed by atoms with Crippen molar-refractivity contribution in [3.8, 4) is 0 Å². The Morgan fingerprint density at radius 1 is 0.850 bits per heavy atom. The van der Waals surface area contributed by atoms with Crippen molar-refractivity contribution in [2.75, 3.05) is 26.2 Å². The Balaban J connectivity index is 1.57. The van der Waals surface area contributed by atoms with Crippen LogP contribution in [-0.4, -0.2) is 42.0 Å². The van der Waals surface area contributed by atoms with Gasteiger partial charge in [0.25, 0.3) is 0 Å². The summed E-state index contributed by atoms with van der Waals surface area (Å²) in [5, 5.41) is 2.71. The fourth-order valence-electron chi connectivity index (χ4n) is 3.74. The normalized spacial score (nSPS) is 26.8. The van der Waals surface area contributed by atoms with Gasteiger partial charge in [-0.25, -0.2) is 0 Å². The van der Waals surface area contributed by atoms with E-state index in [0.717, 1.165) is 12.6 Å². The maximum Gasteiger partial charge on any atom is 0.0237 e. The molecule has 0 radical (unpaired) electrons. The molecular formula is C18H22N2. The number of hydrogen-bond acceptors (Lipinski definition) is 2. The van der Waals surface area contributed by atoms with Crippen LogP contribution in [0.1, 0.15) is 18.4 Å². The molecule has 0 saturated carbocycles. The average Bonchev–Trinajstić information content (AvgIpc) is 2.81. The van der Waals surface area contributed by atoms with Crippen molar-refractivity contribution in [1.29, 1.82) is 0 Å². The molecule has 0 N–H and O–H groups in total. The van der Waals surface area contributed by atoms with E-state index in [2.05, 4.69) is 52.3 Å². The summed E-state index contributed by atoms with van der Waals surface area (Å²) in [5.74, 6) is 0. The lowest BCUT2D eigenvalue weighted by atomic mass is 10.0. The van der Waals surface area contributed by atoms with Crippen LogP contribution in [0.5, 0.6) is 0 Å². The van der Waals surface area contributed by atoms with Gasteiger partial charge in [0.1, 0.15) is 0 Å². The Morgan fingerprint density at radius 3 is 2.50 bits per heavy atom. The summed E-state index contributed by atoms with van der Waals surface area (Å²) in [6.45, 7) is 6.21. The molecule has 0 atom stereocenters. The fraction of sp³-hybridized carbons (Fsp3) is 0.444. The molecule has 0 unspecified atom stereocenters. The van der Waals surface area contributed by atoms with Gasteiger partial charge in [-0.2, -0.15) is 0 Å². The molecule has 20 heavy (non-hydrogen) atoms. The van der Waals surface area contributed by atoms with Crippen molar-refractivity contribution in [2.45, 2.75) is 25.4 Å². The Morgan fingerprint density at radius 2 is 1.65 bits per heavy atom. The highest BCUT2D eigenvalue weighted by Crippen LogP contribution is 2.24. The first-order chi connectivity index (χ1) is 9.88. The zero-order valence-electron chi connectivity index (χ0n) is 12.0. The lowest BCUT2D eigenvalue weighted by Gasteiger charge is -2.31. The summed E-state index contributed by atoms with van der Waals surface area (Å²) in [7, 11) is 0. The molecule has 0 aromatic heterocycles. The van der Waals surface area contributed by atoms with E-state index in [1.807, 2.05) is 0 Å². The van der Waals surface area contributed by atoms with Crippen LogP contribution in [0.2, 0.25) is 0 Å². The van der Waals surface area contributed by atoms with Gasteiger partial charge in [-0.15, -0.1) is 0 Å².